The minimum Gasteiger partial charge on any atom is -0.494 e. The first-order chi connectivity index (χ1) is 18.6. The summed E-state index contributed by atoms with van der Waals surface area (Å²) in [5.41, 5.74) is 3.07. The standard InChI is InChI=1S/C29H29N5O2S2/c1-4-34-25(17-22-11-8-10-20-9-6-7-12-24(20)22)32-33-29(34)37-18-26(35)30-28-31-27(19(3)38-28)21-13-15-23(16-14-21)36-5-2/h6-16H,4-5,17-18H2,1-3H3,(H,30,31,35). The average molecular weight is 544 g/mol. The van der Waals surface area contributed by atoms with E-state index in [0.717, 1.165) is 39.4 Å². The van der Waals surface area contributed by atoms with Crippen LogP contribution in [0.5, 0.6) is 5.75 Å². The number of ether oxygens (including phenoxy) is 1. The number of nitrogens with zero attached hydrogens (tertiary/aromatic N) is 4. The van der Waals surface area contributed by atoms with Gasteiger partial charge in [-0.25, -0.2) is 4.98 Å². The van der Waals surface area contributed by atoms with Gasteiger partial charge in [0.15, 0.2) is 10.3 Å². The van der Waals surface area contributed by atoms with Gasteiger partial charge in [0.2, 0.25) is 5.91 Å². The van der Waals surface area contributed by atoms with Crippen LogP contribution in [0.4, 0.5) is 5.13 Å². The molecule has 7 nitrogen and oxygen atoms in total. The van der Waals surface area contributed by atoms with Crippen LogP contribution in [0.1, 0.15) is 30.1 Å². The van der Waals surface area contributed by atoms with Crippen LogP contribution in [-0.2, 0) is 17.8 Å². The van der Waals surface area contributed by atoms with Gasteiger partial charge in [-0.3, -0.25) is 4.79 Å². The number of aryl methyl sites for hydroxylation is 1. The van der Waals surface area contributed by atoms with E-state index < -0.39 is 0 Å². The van der Waals surface area contributed by atoms with E-state index in [-0.39, 0.29) is 11.7 Å². The van der Waals surface area contributed by atoms with Crippen molar-refractivity contribution in [1.82, 2.24) is 19.7 Å². The van der Waals surface area contributed by atoms with Crippen LogP contribution in [0, 0.1) is 6.92 Å². The molecule has 0 fully saturated rings. The highest BCUT2D eigenvalue weighted by Crippen LogP contribution is 2.31. The number of amides is 1. The number of rotatable bonds is 10. The molecule has 0 aliphatic carbocycles. The van der Waals surface area contributed by atoms with Crippen molar-refractivity contribution in [3.05, 3.63) is 83.0 Å². The second-order valence-electron chi connectivity index (χ2n) is 8.68. The third kappa shape index (κ3) is 5.74. The van der Waals surface area contributed by atoms with Crippen LogP contribution in [0.25, 0.3) is 22.0 Å². The number of benzene rings is 3. The molecule has 0 spiro atoms. The summed E-state index contributed by atoms with van der Waals surface area (Å²) < 4.78 is 7.60. The van der Waals surface area contributed by atoms with Crippen molar-refractivity contribution < 1.29 is 9.53 Å². The smallest absolute Gasteiger partial charge is 0.236 e. The Kier molecular flexibility index (Phi) is 8.05. The van der Waals surface area contributed by atoms with Gasteiger partial charge in [-0.2, -0.15) is 0 Å². The predicted octanol–water partition coefficient (Wildman–Crippen LogP) is 6.60. The van der Waals surface area contributed by atoms with Gasteiger partial charge in [0.1, 0.15) is 11.6 Å². The highest BCUT2D eigenvalue weighted by Gasteiger charge is 2.16. The zero-order valence-electron chi connectivity index (χ0n) is 21.6. The minimum atomic E-state index is -0.122. The summed E-state index contributed by atoms with van der Waals surface area (Å²) in [5, 5.41) is 15.6. The molecule has 3 aromatic carbocycles. The Morgan fingerprint density at radius 2 is 1.82 bits per heavy atom. The number of carbonyl (C=O) groups is 1. The number of nitrogens with one attached hydrogen (secondary N) is 1. The summed E-state index contributed by atoms with van der Waals surface area (Å²) >= 11 is 2.86. The first-order valence-electron chi connectivity index (χ1n) is 12.6. The normalized spacial score (nSPS) is 11.1. The summed E-state index contributed by atoms with van der Waals surface area (Å²) in [7, 11) is 0. The second kappa shape index (κ2) is 11.8. The Morgan fingerprint density at radius 1 is 1.03 bits per heavy atom. The highest BCUT2D eigenvalue weighted by atomic mass is 32.2. The lowest BCUT2D eigenvalue weighted by Crippen LogP contribution is -2.14. The molecule has 0 aliphatic heterocycles. The van der Waals surface area contributed by atoms with Crippen molar-refractivity contribution in [3.8, 4) is 17.0 Å². The van der Waals surface area contributed by atoms with E-state index in [9.17, 15) is 4.79 Å². The topological polar surface area (TPSA) is 81.9 Å². The fraction of sp³-hybridized carbons (Fsp3) is 0.241. The first-order valence-corrected chi connectivity index (χ1v) is 14.4. The maximum atomic E-state index is 12.8. The lowest BCUT2D eigenvalue weighted by Gasteiger charge is -2.09. The SMILES string of the molecule is CCOc1ccc(-c2nc(NC(=O)CSc3nnc(Cc4cccc5ccccc45)n3CC)sc2C)cc1. The molecule has 1 N–H and O–H groups in total. The molecule has 2 heterocycles. The number of thioether (sulfide) groups is 1. The average Bonchev–Trinajstić information content (AvgIpc) is 3.50. The number of anilines is 1. The number of carbonyl (C=O) groups excluding carboxylic acids is 1. The summed E-state index contributed by atoms with van der Waals surface area (Å²) in [4.78, 5) is 18.5. The lowest BCUT2D eigenvalue weighted by atomic mass is 10.0. The van der Waals surface area contributed by atoms with Crippen molar-refractivity contribution in [2.75, 3.05) is 17.7 Å². The minimum absolute atomic E-state index is 0.122. The van der Waals surface area contributed by atoms with Crippen LogP contribution in [0.3, 0.4) is 0 Å². The van der Waals surface area contributed by atoms with E-state index in [1.54, 1.807) is 0 Å². The molecule has 5 aromatic rings. The molecule has 2 aromatic heterocycles. The Hall–Kier alpha value is -3.69. The summed E-state index contributed by atoms with van der Waals surface area (Å²) in [6.45, 7) is 7.40. The molecule has 0 aliphatic rings. The molecule has 0 bridgehead atoms. The highest BCUT2D eigenvalue weighted by molar-refractivity contribution is 7.99. The maximum Gasteiger partial charge on any atom is 0.236 e. The molecule has 0 atom stereocenters. The summed E-state index contributed by atoms with van der Waals surface area (Å²) in [6, 6.07) is 22.5. The largest absolute Gasteiger partial charge is 0.494 e. The quantitative estimate of drug-likeness (QED) is 0.200. The fourth-order valence-corrected chi connectivity index (χ4v) is 6.04. The zero-order chi connectivity index (χ0) is 26.5. The lowest BCUT2D eigenvalue weighted by molar-refractivity contribution is -0.113. The number of thiazole rings is 1. The Labute approximate surface area is 230 Å². The van der Waals surface area contributed by atoms with E-state index in [0.29, 0.717) is 18.2 Å². The third-order valence-electron chi connectivity index (χ3n) is 6.15. The molecule has 0 saturated heterocycles. The molecule has 9 heteroatoms. The maximum absolute atomic E-state index is 12.8. The third-order valence-corrected chi connectivity index (χ3v) is 8.01. The van der Waals surface area contributed by atoms with E-state index in [4.69, 9.17) is 4.74 Å². The summed E-state index contributed by atoms with van der Waals surface area (Å²) in [6.07, 6.45) is 0.682. The van der Waals surface area contributed by atoms with E-state index in [1.165, 1.54) is 39.4 Å². The Balaban J connectivity index is 1.23. The first kappa shape index (κ1) is 25.9. The predicted molar refractivity (Wildman–Crippen MR) is 155 cm³/mol. The molecule has 194 valence electrons. The van der Waals surface area contributed by atoms with Crippen LogP contribution in [0.2, 0.25) is 0 Å². The van der Waals surface area contributed by atoms with Crippen molar-refractivity contribution in [2.45, 2.75) is 38.9 Å². The van der Waals surface area contributed by atoms with Gasteiger partial charge in [-0.15, -0.1) is 21.5 Å². The van der Waals surface area contributed by atoms with Crippen LogP contribution in [-0.4, -0.2) is 38.0 Å². The Bertz CT molecular complexity index is 1550. The van der Waals surface area contributed by atoms with Gasteiger partial charge in [0.05, 0.1) is 18.1 Å². The van der Waals surface area contributed by atoms with Gasteiger partial charge in [-0.05, 0) is 61.4 Å². The van der Waals surface area contributed by atoms with Gasteiger partial charge in [0, 0.05) is 23.4 Å². The molecule has 5 rings (SSSR count). The fourth-order valence-electron chi connectivity index (χ4n) is 4.37. The van der Waals surface area contributed by atoms with Crippen molar-refractivity contribution in [3.63, 3.8) is 0 Å². The molecule has 0 unspecified atom stereocenters. The van der Waals surface area contributed by atoms with Gasteiger partial charge >= 0.3 is 0 Å². The van der Waals surface area contributed by atoms with Crippen LogP contribution in [0.15, 0.2) is 71.9 Å². The number of hydrogen-bond acceptors (Lipinski definition) is 7. The van der Waals surface area contributed by atoms with Crippen molar-refractivity contribution in [1.29, 1.82) is 0 Å². The van der Waals surface area contributed by atoms with E-state index in [2.05, 4.69) is 74.5 Å². The molecule has 38 heavy (non-hydrogen) atoms. The molecular formula is C29H29N5O2S2. The monoisotopic (exact) mass is 543 g/mol. The van der Waals surface area contributed by atoms with Gasteiger partial charge < -0.3 is 14.6 Å². The Morgan fingerprint density at radius 3 is 2.61 bits per heavy atom. The molecular weight excluding hydrogens is 514 g/mol. The number of hydrogen-bond donors (Lipinski definition) is 1. The number of fused-ring (bicyclic) bond motifs is 1. The van der Waals surface area contributed by atoms with Crippen LogP contribution >= 0.6 is 23.1 Å². The van der Waals surface area contributed by atoms with E-state index in [1.807, 2.05) is 38.1 Å². The molecule has 1 amide bonds. The molecule has 0 radical (unpaired) electrons. The number of aromatic nitrogens is 4. The van der Waals surface area contributed by atoms with Crippen LogP contribution < -0.4 is 10.1 Å². The van der Waals surface area contributed by atoms with Crippen molar-refractivity contribution >= 4 is 44.9 Å². The molecule has 0 saturated carbocycles. The van der Waals surface area contributed by atoms with Gasteiger partial charge in [-0.1, -0.05) is 54.2 Å². The van der Waals surface area contributed by atoms with Gasteiger partial charge in [0.25, 0.3) is 0 Å². The summed E-state index contributed by atoms with van der Waals surface area (Å²) in [5.74, 6) is 1.82. The second-order valence-corrected chi connectivity index (χ2v) is 10.8. The van der Waals surface area contributed by atoms with Crippen molar-refractivity contribution in [2.24, 2.45) is 0 Å². The zero-order valence-corrected chi connectivity index (χ0v) is 23.2. The van der Waals surface area contributed by atoms with E-state index >= 15 is 0 Å².